The van der Waals surface area contributed by atoms with Gasteiger partial charge in [-0.25, -0.2) is 9.20 Å². The van der Waals surface area contributed by atoms with Gasteiger partial charge < -0.3 is 5.73 Å². The van der Waals surface area contributed by atoms with Crippen LogP contribution in [0.3, 0.4) is 0 Å². The monoisotopic (exact) mass is 280 g/mol. The van der Waals surface area contributed by atoms with Crippen molar-refractivity contribution >= 4 is 23.3 Å². The van der Waals surface area contributed by atoms with Gasteiger partial charge in [0.1, 0.15) is 0 Å². The van der Waals surface area contributed by atoms with E-state index in [9.17, 15) is 9.59 Å². The van der Waals surface area contributed by atoms with Gasteiger partial charge in [0.05, 0.1) is 5.75 Å². The number of nitrogens with two attached hydrogens (primary N) is 1. The fourth-order valence-corrected chi connectivity index (χ4v) is 2.52. The quantitative estimate of drug-likeness (QED) is 0.867. The second-order valence-electron chi connectivity index (χ2n) is 4.20. The molecule has 102 valence electrons. The summed E-state index contributed by atoms with van der Waals surface area (Å²) in [6.07, 6.45) is 2.46. The molecular weight excluding hydrogens is 264 g/mol. The van der Waals surface area contributed by atoms with E-state index in [0.717, 1.165) is 11.1 Å². The maximum atomic E-state index is 11.9. The zero-order valence-corrected chi connectivity index (χ0v) is 11.5. The van der Waals surface area contributed by atoms with Crippen molar-refractivity contribution in [3.05, 3.63) is 34.9 Å². The van der Waals surface area contributed by atoms with Gasteiger partial charge in [-0.15, -0.1) is 9.78 Å². The number of carbonyl (C=O) groups excluding carboxylic acids is 1. The fourth-order valence-electron chi connectivity index (χ4n) is 1.56. The number of rotatable bonds is 5. The summed E-state index contributed by atoms with van der Waals surface area (Å²) in [7, 11) is 0. The molecule has 2 aromatic heterocycles. The lowest BCUT2D eigenvalue weighted by Crippen LogP contribution is -2.29. The van der Waals surface area contributed by atoms with Crippen LogP contribution in [-0.4, -0.2) is 37.6 Å². The van der Waals surface area contributed by atoms with Gasteiger partial charge in [0, 0.05) is 18.0 Å². The van der Waals surface area contributed by atoms with Gasteiger partial charge in [0.15, 0.2) is 5.65 Å². The van der Waals surface area contributed by atoms with Crippen molar-refractivity contribution in [1.29, 1.82) is 0 Å². The number of carbonyl (C=O) groups is 1. The van der Waals surface area contributed by atoms with Crippen LogP contribution in [0.15, 0.2) is 29.2 Å². The largest absolute Gasteiger partial charge is 0.357 e. The Morgan fingerprint density at radius 1 is 1.53 bits per heavy atom. The van der Waals surface area contributed by atoms with E-state index < -0.39 is 5.69 Å². The molecule has 0 aliphatic heterocycles. The van der Waals surface area contributed by atoms with Crippen LogP contribution in [0, 0.1) is 0 Å². The molecule has 7 heteroatoms. The summed E-state index contributed by atoms with van der Waals surface area (Å²) >= 11 is 1.42. The van der Waals surface area contributed by atoms with Crippen LogP contribution in [0.4, 0.5) is 0 Å². The van der Waals surface area contributed by atoms with Gasteiger partial charge in [0.25, 0.3) is 5.91 Å². The minimum atomic E-state index is -0.430. The van der Waals surface area contributed by atoms with Crippen LogP contribution < -0.4 is 11.4 Å². The Bertz CT molecular complexity index is 634. The maximum absolute atomic E-state index is 11.9. The van der Waals surface area contributed by atoms with Gasteiger partial charge in [0.2, 0.25) is 0 Å². The van der Waals surface area contributed by atoms with Crippen molar-refractivity contribution < 1.29 is 4.79 Å². The van der Waals surface area contributed by atoms with E-state index in [2.05, 4.69) is 5.10 Å². The third kappa shape index (κ3) is 3.05. The first-order valence-corrected chi connectivity index (χ1v) is 7.22. The van der Waals surface area contributed by atoms with Crippen LogP contribution in [0.2, 0.25) is 0 Å². The normalized spacial score (nSPS) is 12.7. The van der Waals surface area contributed by atoms with E-state index in [4.69, 9.17) is 5.73 Å². The first-order chi connectivity index (χ1) is 9.13. The third-order valence-corrected chi connectivity index (χ3v) is 3.86. The Kier molecular flexibility index (Phi) is 4.39. The summed E-state index contributed by atoms with van der Waals surface area (Å²) in [6, 6.07) is 5.26. The average molecular weight is 280 g/mol. The summed E-state index contributed by atoms with van der Waals surface area (Å²) in [5.74, 6) is 0.587. The molecule has 19 heavy (non-hydrogen) atoms. The number of thioether (sulfide) groups is 1. The Morgan fingerprint density at radius 2 is 2.32 bits per heavy atom. The standard InChI is InChI=1S/C12H16N4O2S/c1-2-9(13)7-19-8-11(17)16-12(18)15-6-4-3-5-10(15)14-16/h3-6,9H,2,7-8,13H2,1H3. The highest BCUT2D eigenvalue weighted by Gasteiger charge is 2.13. The zero-order chi connectivity index (χ0) is 13.8. The number of hydrogen-bond donors (Lipinski definition) is 1. The number of fused-ring (bicyclic) bond motifs is 1. The predicted molar refractivity (Wildman–Crippen MR) is 75.7 cm³/mol. The lowest BCUT2D eigenvalue weighted by Gasteiger charge is -2.06. The average Bonchev–Trinajstić information content (AvgIpc) is 2.76. The van der Waals surface area contributed by atoms with Crippen molar-refractivity contribution in [2.24, 2.45) is 5.73 Å². The summed E-state index contributed by atoms with van der Waals surface area (Å²) in [4.78, 5) is 23.9. The zero-order valence-electron chi connectivity index (χ0n) is 10.7. The molecule has 0 saturated heterocycles. The molecule has 0 aliphatic rings. The lowest BCUT2D eigenvalue weighted by atomic mass is 10.3. The van der Waals surface area contributed by atoms with Gasteiger partial charge in [-0.1, -0.05) is 13.0 Å². The third-order valence-electron chi connectivity index (χ3n) is 2.75. The molecule has 0 aromatic carbocycles. The fraction of sp³-hybridized carbons (Fsp3) is 0.417. The predicted octanol–water partition coefficient (Wildman–Crippen LogP) is 0.607. The molecule has 2 rings (SSSR count). The highest BCUT2D eigenvalue weighted by atomic mass is 32.2. The second kappa shape index (κ2) is 6.03. The van der Waals surface area contributed by atoms with Crippen molar-refractivity contribution in [2.45, 2.75) is 19.4 Å². The summed E-state index contributed by atoms with van der Waals surface area (Å²) in [5, 5.41) is 4.00. The first kappa shape index (κ1) is 13.8. The molecular formula is C12H16N4O2S. The maximum Gasteiger partial charge on any atom is 0.357 e. The minimum absolute atomic E-state index is 0.0793. The number of nitrogens with zero attached hydrogens (tertiary/aromatic N) is 3. The van der Waals surface area contributed by atoms with Crippen molar-refractivity contribution in [3.63, 3.8) is 0 Å². The van der Waals surface area contributed by atoms with Crippen LogP contribution >= 0.6 is 11.8 Å². The highest BCUT2D eigenvalue weighted by molar-refractivity contribution is 8.00. The van der Waals surface area contributed by atoms with Crippen molar-refractivity contribution in [2.75, 3.05) is 11.5 Å². The highest BCUT2D eigenvalue weighted by Crippen LogP contribution is 2.04. The summed E-state index contributed by atoms with van der Waals surface area (Å²) in [5.41, 5.74) is 5.81. The molecule has 0 fully saturated rings. The van der Waals surface area contributed by atoms with E-state index in [1.807, 2.05) is 6.92 Å². The van der Waals surface area contributed by atoms with Gasteiger partial charge in [-0.2, -0.15) is 11.8 Å². The van der Waals surface area contributed by atoms with Gasteiger partial charge in [-0.05, 0) is 18.6 Å². The molecule has 0 spiro atoms. The molecule has 2 heterocycles. The van der Waals surface area contributed by atoms with E-state index in [1.165, 1.54) is 16.2 Å². The van der Waals surface area contributed by atoms with E-state index in [-0.39, 0.29) is 17.7 Å². The SMILES string of the molecule is CCC(N)CSCC(=O)n1nc2ccccn2c1=O. The summed E-state index contributed by atoms with van der Waals surface area (Å²) in [6.45, 7) is 2.00. The molecule has 2 aromatic rings. The van der Waals surface area contributed by atoms with Crippen LogP contribution in [0.1, 0.15) is 18.1 Å². The number of aromatic nitrogens is 3. The van der Waals surface area contributed by atoms with E-state index in [1.54, 1.807) is 24.4 Å². The smallest absolute Gasteiger partial charge is 0.327 e. The Labute approximate surface area is 114 Å². The Morgan fingerprint density at radius 3 is 3.00 bits per heavy atom. The minimum Gasteiger partial charge on any atom is -0.327 e. The van der Waals surface area contributed by atoms with Crippen LogP contribution in [0.5, 0.6) is 0 Å². The molecule has 0 bridgehead atoms. The van der Waals surface area contributed by atoms with Crippen LogP contribution in [-0.2, 0) is 0 Å². The van der Waals surface area contributed by atoms with Crippen LogP contribution in [0.25, 0.3) is 5.65 Å². The Hall–Kier alpha value is -1.60. The summed E-state index contributed by atoms with van der Waals surface area (Å²) < 4.78 is 2.26. The molecule has 1 atom stereocenters. The van der Waals surface area contributed by atoms with Gasteiger partial charge >= 0.3 is 5.69 Å². The van der Waals surface area contributed by atoms with E-state index >= 15 is 0 Å². The Balaban J connectivity index is 2.09. The lowest BCUT2D eigenvalue weighted by molar-refractivity contribution is 0.0922. The first-order valence-electron chi connectivity index (χ1n) is 6.06. The van der Waals surface area contributed by atoms with Crippen molar-refractivity contribution in [3.8, 4) is 0 Å². The number of hydrogen-bond acceptors (Lipinski definition) is 5. The van der Waals surface area contributed by atoms with Gasteiger partial charge in [-0.3, -0.25) is 4.79 Å². The topological polar surface area (TPSA) is 82.4 Å². The van der Waals surface area contributed by atoms with Crippen molar-refractivity contribution in [1.82, 2.24) is 14.2 Å². The molecule has 2 N–H and O–H groups in total. The molecule has 0 amide bonds. The second-order valence-corrected chi connectivity index (χ2v) is 5.23. The number of pyridine rings is 1. The molecule has 0 saturated carbocycles. The molecule has 0 aliphatic carbocycles. The van der Waals surface area contributed by atoms with E-state index in [0.29, 0.717) is 11.4 Å². The molecule has 1 unspecified atom stereocenters. The molecule has 0 radical (unpaired) electrons. The molecule has 6 nitrogen and oxygen atoms in total.